The first-order valence-electron chi connectivity index (χ1n) is 8.56. The van der Waals surface area contributed by atoms with Crippen molar-refractivity contribution in [3.05, 3.63) is 62.6 Å². The lowest BCUT2D eigenvalue weighted by Crippen LogP contribution is -2.12. The number of ether oxygens (including phenoxy) is 4. The number of hydrogen-bond donors (Lipinski definition) is 0. The van der Waals surface area contributed by atoms with Crippen LogP contribution in [0.2, 0.25) is 10.0 Å². The Morgan fingerprint density at radius 3 is 2.17 bits per heavy atom. The Balaban J connectivity index is 1.83. The van der Waals surface area contributed by atoms with Crippen molar-refractivity contribution in [2.45, 2.75) is 6.92 Å². The Labute approximate surface area is 189 Å². The maximum Gasteiger partial charge on any atom is 0.338 e. The molecule has 0 saturated carbocycles. The van der Waals surface area contributed by atoms with Crippen molar-refractivity contribution in [3.8, 4) is 17.2 Å². The molecule has 2 aromatic carbocycles. The van der Waals surface area contributed by atoms with E-state index in [1.807, 2.05) is 6.92 Å². The van der Waals surface area contributed by atoms with Gasteiger partial charge in [0, 0.05) is 12.1 Å². The first-order chi connectivity index (χ1) is 13.9. The Morgan fingerprint density at radius 2 is 1.59 bits per heavy atom. The number of rotatable bonds is 10. The van der Waals surface area contributed by atoms with Gasteiger partial charge in [-0.1, -0.05) is 46.4 Å². The molecule has 0 heterocycles. The van der Waals surface area contributed by atoms with E-state index in [4.69, 9.17) is 65.4 Å². The Morgan fingerprint density at radius 1 is 0.931 bits per heavy atom. The number of carbonyl (C=O) groups excluding carboxylic acids is 1. The molecule has 0 saturated heterocycles. The lowest BCUT2D eigenvalue weighted by Gasteiger charge is -2.12. The summed E-state index contributed by atoms with van der Waals surface area (Å²) in [7, 11) is 0. The molecule has 0 aromatic heterocycles. The maximum atomic E-state index is 12.0. The molecule has 2 rings (SSSR count). The Kier molecular flexibility index (Phi) is 9.74. The highest BCUT2D eigenvalue weighted by Crippen LogP contribution is 2.37. The smallest absolute Gasteiger partial charge is 0.338 e. The number of halogens is 4. The summed E-state index contributed by atoms with van der Waals surface area (Å²) in [6.45, 7) is 2.70. The van der Waals surface area contributed by atoms with Gasteiger partial charge in [0.05, 0.1) is 22.2 Å². The molecule has 0 amide bonds. The average molecular weight is 480 g/mol. The lowest BCUT2D eigenvalue weighted by molar-refractivity contribution is 0.0450. The monoisotopic (exact) mass is 478 g/mol. The van der Waals surface area contributed by atoms with Crippen LogP contribution in [-0.2, 0) is 4.74 Å². The minimum absolute atomic E-state index is 0.0238. The van der Waals surface area contributed by atoms with Gasteiger partial charge < -0.3 is 18.9 Å². The highest BCUT2D eigenvalue weighted by atomic mass is 35.5. The van der Waals surface area contributed by atoms with E-state index in [0.29, 0.717) is 23.7 Å². The van der Waals surface area contributed by atoms with Gasteiger partial charge in [-0.05, 0) is 37.3 Å². The van der Waals surface area contributed by atoms with Crippen LogP contribution in [-0.4, -0.2) is 32.4 Å². The van der Waals surface area contributed by atoms with E-state index in [1.54, 1.807) is 36.4 Å². The van der Waals surface area contributed by atoms with E-state index < -0.39 is 5.97 Å². The minimum atomic E-state index is -0.469. The second-order valence-electron chi connectivity index (χ2n) is 5.46. The molecule has 9 heteroatoms. The molecular formula is C20H18Cl4O5. The van der Waals surface area contributed by atoms with Gasteiger partial charge in [0.25, 0.3) is 0 Å². The fraction of sp³-hybridized carbons (Fsp3) is 0.250. The minimum Gasteiger partial charge on any atom is -0.494 e. The molecule has 0 aliphatic rings. The van der Waals surface area contributed by atoms with Gasteiger partial charge in [0.1, 0.15) is 35.8 Å². The zero-order valence-corrected chi connectivity index (χ0v) is 18.4. The van der Waals surface area contributed by atoms with Crippen LogP contribution in [0, 0.1) is 0 Å². The van der Waals surface area contributed by atoms with Crippen LogP contribution in [0.15, 0.2) is 47.0 Å². The largest absolute Gasteiger partial charge is 0.494 e. The summed E-state index contributed by atoms with van der Waals surface area (Å²) in [6, 6.07) is 9.77. The molecule has 156 valence electrons. The van der Waals surface area contributed by atoms with E-state index in [1.165, 1.54) is 6.08 Å². The molecule has 0 fully saturated rings. The first-order valence-corrected chi connectivity index (χ1v) is 10.1. The molecule has 29 heavy (non-hydrogen) atoms. The molecule has 0 bridgehead atoms. The second kappa shape index (κ2) is 12.0. The fourth-order valence-electron chi connectivity index (χ4n) is 2.17. The van der Waals surface area contributed by atoms with Crippen molar-refractivity contribution in [1.29, 1.82) is 0 Å². The molecule has 5 nitrogen and oxygen atoms in total. The summed E-state index contributed by atoms with van der Waals surface area (Å²) in [4.78, 5) is 12.0. The third-order valence-electron chi connectivity index (χ3n) is 3.42. The van der Waals surface area contributed by atoms with Gasteiger partial charge in [0.15, 0.2) is 5.75 Å². The highest BCUT2D eigenvalue weighted by molar-refractivity contribution is 6.55. The third kappa shape index (κ3) is 7.86. The molecule has 0 atom stereocenters. The summed E-state index contributed by atoms with van der Waals surface area (Å²) in [5.74, 6) is 0.915. The van der Waals surface area contributed by atoms with Gasteiger partial charge in [0.2, 0.25) is 0 Å². The van der Waals surface area contributed by atoms with Crippen molar-refractivity contribution >= 4 is 52.4 Å². The number of hydrogen-bond acceptors (Lipinski definition) is 5. The van der Waals surface area contributed by atoms with Crippen molar-refractivity contribution in [3.63, 3.8) is 0 Å². The van der Waals surface area contributed by atoms with Crippen LogP contribution in [0.5, 0.6) is 17.2 Å². The Hall–Kier alpha value is -1.79. The number of carbonyl (C=O) groups is 1. The lowest BCUT2D eigenvalue weighted by atomic mass is 10.2. The molecular weight excluding hydrogens is 462 g/mol. The third-order valence-corrected chi connectivity index (χ3v) is 4.29. The van der Waals surface area contributed by atoms with Crippen molar-refractivity contribution in [2.24, 2.45) is 0 Å². The van der Waals surface area contributed by atoms with Crippen LogP contribution in [0.1, 0.15) is 17.3 Å². The van der Waals surface area contributed by atoms with Crippen LogP contribution < -0.4 is 14.2 Å². The van der Waals surface area contributed by atoms with E-state index in [0.717, 1.165) is 0 Å². The van der Waals surface area contributed by atoms with Gasteiger partial charge in [-0.3, -0.25) is 0 Å². The summed E-state index contributed by atoms with van der Waals surface area (Å²) >= 11 is 23.4. The average Bonchev–Trinajstić information content (AvgIpc) is 2.67. The summed E-state index contributed by atoms with van der Waals surface area (Å²) in [6.07, 6.45) is 1.48. The number of benzene rings is 2. The standard InChI is InChI=1S/C20H18Cl4O5/c1-2-26-14-5-3-13(4-6-14)20(25)29-10-9-28-19-16(21)11-15(12-17(19)22)27-8-7-18(23)24/h3-7,11-12H,2,8-10H2,1H3. The van der Waals surface area contributed by atoms with Crippen molar-refractivity contribution in [2.75, 3.05) is 26.4 Å². The summed E-state index contributed by atoms with van der Waals surface area (Å²) < 4.78 is 21.6. The molecule has 0 N–H and O–H groups in total. The fourth-order valence-corrected chi connectivity index (χ4v) is 2.88. The van der Waals surface area contributed by atoms with Gasteiger partial charge in [-0.2, -0.15) is 0 Å². The van der Waals surface area contributed by atoms with E-state index in [-0.39, 0.29) is 40.1 Å². The molecule has 0 spiro atoms. The van der Waals surface area contributed by atoms with Crippen LogP contribution in [0.25, 0.3) is 0 Å². The predicted octanol–water partition coefficient (Wildman–Crippen LogP) is 6.33. The topological polar surface area (TPSA) is 54.0 Å². The predicted molar refractivity (Wildman–Crippen MR) is 115 cm³/mol. The molecule has 0 aliphatic heterocycles. The molecule has 0 radical (unpaired) electrons. The molecule has 2 aromatic rings. The van der Waals surface area contributed by atoms with Crippen LogP contribution in [0.4, 0.5) is 0 Å². The van der Waals surface area contributed by atoms with Crippen LogP contribution in [0.3, 0.4) is 0 Å². The van der Waals surface area contributed by atoms with Crippen LogP contribution >= 0.6 is 46.4 Å². The van der Waals surface area contributed by atoms with Crippen molar-refractivity contribution < 1.29 is 23.7 Å². The summed E-state index contributed by atoms with van der Waals surface area (Å²) in [5.41, 5.74) is 0.414. The zero-order valence-electron chi connectivity index (χ0n) is 15.4. The normalized spacial score (nSPS) is 10.2. The Bertz CT molecular complexity index is 825. The molecule has 0 unspecified atom stereocenters. The number of esters is 1. The summed E-state index contributed by atoms with van der Waals surface area (Å²) in [5, 5.41) is 0.512. The van der Waals surface area contributed by atoms with E-state index in [9.17, 15) is 4.79 Å². The van der Waals surface area contributed by atoms with Gasteiger partial charge in [-0.15, -0.1) is 0 Å². The maximum absolute atomic E-state index is 12.0. The van der Waals surface area contributed by atoms with E-state index >= 15 is 0 Å². The quantitative estimate of drug-likeness (QED) is 0.294. The van der Waals surface area contributed by atoms with Gasteiger partial charge in [-0.25, -0.2) is 4.79 Å². The first kappa shape index (κ1) is 23.5. The zero-order chi connectivity index (χ0) is 21.2. The SMILES string of the molecule is CCOc1ccc(C(=O)OCCOc2c(Cl)cc(OCC=C(Cl)Cl)cc2Cl)cc1. The molecule has 0 aliphatic carbocycles. The van der Waals surface area contributed by atoms with E-state index in [2.05, 4.69) is 0 Å². The van der Waals surface area contributed by atoms with Gasteiger partial charge >= 0.3 is 5.97 Å². The second-order valence-corrected chi connectivity index (χ2v) is 7.28. The highest BCUT2D eigenvalue weighted by Gasteiger charge is 2.12. The van der Waals surface area contributed by atoms with Crippen molar-refractivity contribution in [1.82, 2.24) is 0 Å².